The number of nitrogens with one attached hydrogen (secondary N) is 3. The van der Waals surface area contributed by atoms with E-state index in [1.165, 1.54) is 6.20 Å². The average molecular weight is 472 g/mol. The molecule has 1 aromatic carbocycles. The van der Waals surface area contributed by atoms with Crippen LogP contribution in [-0.4, -0.2) is 42.3 Å². The lowest BCUT2D eigenvalue weighted by molar-refractivity contribution is 0.591. The van der Waals surface area contributed by atoms with E-state index in [4.69, 9.17) is 11.6 Å². The Balaban J connectivity index is 1.98. The quantitative estimate of drug-likeness (QED) is 0.482. The minimum atomic E-state index is -3.52. The van der Waals surface area contributed by atoms with Gasteiger partial charge >= 0.3 is 0 Å². The van der Waals surface area contributed by atoms with Crippen LogP contribution in [0.25, 0.3) is 22.6 Å². The van der Waals surface area contributed by atoms with Crippen molar-refractivity contribution in [3.05, 3.63) is 35.5 Å². The first-order valence-electron chi connectivity index (χ1n) is 9.08. The predicted octanol–water partition coefficient (Wildman–Crippen LogP) is 3.58. The molecule has 9 nitrogen and oxygen atoms in total. The fourth-order valence-corrected chi connectivity index (χ4v) is 3.99. The van der Waals surface area contributed by atoms with Crippen LogP contribution in [0.4, 0.5) is 11.4 Å². The Morgan fingerprint density at radius 1 is 0.933 bits per heavy atom. The van der Waals surface area contributed by atoms with Gasteiger partial charge in [0.05, 0.1) is 32.9 Å². The zero-order valence-corrected chi connectivity index (χ0v) is 19.2. The number of hydrogen-bond acceptors (Lipinski definition) is 6. The highest BCUT2D eigenvalue weighted by Gasteiger charge is 2.19. The van der Waals surface area contributed by atoms with Crippen LogP contribution in [0, 0.1) is 0 Å². The number of nitrogens with zero attached hydrogens (tertiary/aromatic N) is 2. The summed E-state index contributed by atoms with van der Waals surface area (Å²) in [5.74, 6) is 0.372. The van der Waals surface area contributed by atoms with Gasteiger partial charge in [0, 0.05) is 11.3 Å². The minimum Gasteiger partial charge on any atom is -0.336 e. The lowest BCUT2D eigenvalue weighted by atomic mass is 10.2. The second-order valence-electron chi connectivity index (χ2n) is 7.27. The van der Waals surface area contributed by atoms with Crippen molar-refractivity contribution in [2.24, 2.45) is 0 Å². The van der Waals surface area contributed by atoms with Gasteiger partial charge in [0.2, 0.25) is 20.0 Å². The van der Waals surface area contributed by atoms with E-state index >= 15 is 0 Å². The number of H-pyrrole nitrogens is 1. The molecule has 3 rings (SSSR count). The summed E-state index contributed by atoms with van der Waals surface area (Å²) in [6.07, 6.45) is 1.38. The maximum Gasteiger partial charge on any atom is 0.235 e. The van der Waals surface area contributed by atoms with Gasteiger partial charge < -0.3 is 4.98 Å². The molecule has 0 atom stereocenters. The second kappa shape index (κ2) is 8.05. The Hall–Kier alpha value is -2.37. The van der Waals surface area contributed by atoms with E-state index in [2.05, 4.69) is 24.4 Å². The first-order chi connectivity index (χ1) is 13.9. The number of fused-ring (bicyclic) bond motifs is 1. The van der Waals surface area contributed by atoms with Crippen LogP contribution >= 0.6 is 11.6 Å². The first kappa shape index (κ1) is 22.3. The summed E-state index contributed by atoms with van der Waals surface area (Å²) in [6.45, 7) is 6.31. The largest absolute Gasteiger partial charge is 0.336 e. The van der Waals surface area contributed by atoms with Crippen LogP contribution in [0.2, 0.25) is 5.02 Å². The smallest absolute Gasteiger partial charge is 0.235 e. The molecule has 0 aliphatic heterocycles. The van der Waals surface area contributed by atoms with Crippen LogP contribution in [0.3, 0.4) is 0 Å². The SMILES string of the molecule is CC(C)S(=O)(=O)Nc1ccc(Cl)c(-c2nc3ncc(NS(=O)(=O)C(C)C)cc3[nH]2)c1. The average Bonchev–Trinajstić information content (AvgIpc) is 3.05. The zero-order valence-electron chi connectivity index (χ0n) is 16.8. The number of aromatic nitrogens is 3. The Kier molecular flexibility index (Phi) is 5.99. The molecular formula is C18H22ClN5O4S2. The maximum absolute atomic E-state index is 12.1. The molecule has 12 heteroatoms. The van der Waals surface area contributed by atoms with Crippen LogP contribution in [0.15, 0.2) is 30.5 Å². The van der Waals surface area contributed by atoms with Gasteiger partial charge in [0.15, 0.2) is 5.65 Å². The summed E-state index contributed by atoms with van der Waals surface area (Å²) < 4.78 is 53.4. The Morgan fingerprint density at radius 2 is 1.53 bits per heavy atom. The summed E-state index contributed by atoms with van der Waals surface area (Å²) in [6, 6.07) is 6.28. The van der Waals surface area contributed by atoms with Gasteiger partial charge in [-0.25, -0.2) is 26.8 Å². The predicted molar refractivity (Wildman–Crippen MR) is 120 cm³/mol. The summed E-state index contributed by atoms with van der Waals surface area (Å²) in [7, 11) is -7.03. The van der Waals surface area contributed by atoms with Crippen molar-refractivity contribution >= 4 is 54.2 Å². The third-order valence-corrected chi connectivity index (χ3v) is 8.17. The summed E-state index contributed by atoms with van der Waals surface area (Å²) in [4.78, 5) is 11.6. The molecule has 3 aromatic rings. The highest BCUT2D eigenvalue weighted by molar-refractivity contribution is 7.93. The monoisotopic (exact) mass is 471 g/mol. The first-order valence-corrected chi connectivity index (χ1v) is 12.5. The molecule has 0 amide bonds. The fraction of sp³-hybridized carbons (Fsp3) is 0.333. The van der Waals surface area contributed by atoms with Gasteiger partial charge in [-0.1, -0.05) is 11.6 Å². The van der Waals surface area contributed by atoms with E-state index in [9.17, 15) is 16.8 Å². The van der Waals surface area contributed by atoms with Crippen molar-refractivity contribution in [2.75, 3.05) is 9.44 Å². The van der Waals surface area contributed by atoms with Crippen molar-refractivity contribution in [1.82, 2.24) is 15.0 Å². The number of pyridine rings is 1. The molecule has 0 fully saturated rings. The number of benzene rings is 1. The van der Waals surface area contributed by atoms with E-state index in [0.717, 1.165) is 0 Å². The second-order valence-corrected chi connectivity index (χ2v) is 12.1. The van der Waals surface area contributed by atoms with Crippen molar-refractivity contribution in [3.8, 4) is 11.4 Å². The van der Waals surface area contributed by atoms with Gasteiger partial charge in [0.1, 0.15) is 5.82 Å². The molecule has 0 saturated carbocycles. The molecule has 2 heterocycles. The van der Waals surface area contributed by atoms with Gasteiger partial charge in [-0.15, -0.1) is 0 Å². The van der Waals surface area contributed by atoms with Crippen LogP contribution in [-0.2, 0) is 20.0 Å². The van der Waals surface area contributed by atoms with Crippen molar-refractivity contribution < 1.29 is 16.8 Å². The van der Waals surface area contributed by atoms with E-state index in [1.807, 2.05) is 0 Å². The highest BCUT2D eigenvalue weighted by atomic mass is 35.5. The number of halogens is 1. The van der Waals surface area contributed by atoms with Crippen molar-refractivity contribution in [1.29, 1.82) is 0 Å². The normalized spacial score (nSPS) is 12.6. The lowest BCUT2D eigenvalue weighted by Crippen LogP contribution is -2.22. The number of sulfonamides is 2. The Bertz CT molecular complexity index is 1300. The third kappa shape index (κ3) is 4.68. The molecule has 0 aliphatic rings. The van der Waals surface area contributed by atoms with E-state index in [1.54, 1.807) is 52.0 Å². The fourth-order valence-electron chi connectivity index (χ4n) is 2.42. The topological polar surface area (TPSA) is 134 Å². The molecular weight excluding hydrogens is 450 g/mol. The number of imidazole rings is 1. The third-order valence-electron chi connectivity index (χ3n) is 4.32. The molecule has 0 bridgehead atoms. The van der Waals surface area contributed by atoms with Crippen LogP contribution < -0.4 is 9.44 Å². The maximum atomic E-state index is 12.1. The van der Waals surface area contributed by atoms with E-state index in [0.29, 0.717) is 38.9 Å². The van der Waals surface area contributed by atoms with Gasteiger partial charge in [0.25, 0.3) is 0 Å². The van der Waals surface area contributed by atoms with E-state index in [-0.39, 0.29) is 0 Å². The van der Waals surface area contributed by atoms with Crippen molar-refractivity contribution in [3.63, 3.8) is 0 Å². The molecule has 162 valence electrons. The Labute approximate surface area is 180 Å². The molecule has 0 aliphatic carbocycles. The number of anilines is 2. The minimum absolute atomic E-state index is 0.302. The van der Waals surface area contributed by atoms with Gasteiger partial charge in [-0.05, 0) is 52.0 Å². The Morgan fingerprint density at radius 3 is 2.13 bits per heavy atom. The van der Waals surface area contributed by atoms with E-state index < -0.39 is 30.5 Å². The number of rotatable bonds is 7. The van der Waals surface area contributed by atoms with Crippen LogP contribution in [0.1, 0.15) is 27.7 Å². The number of aromatic amines is 1. The molecule has 0 saturated heterocycles. The summed E-state index contributed by atoms with van der Waals surface area (Å²) >= 11 is 6.30. The molecule has 0 unspecified atom stereocenters. The van der Waals surface area contributed by atoms with Crippen molar-refractivity contribution in [2.45, 2.75) is 38.2 Å². The van der Waals surface area contributed by atoms with Crippen LogP contribution in [0.5, 0.6) is 0 Å². The molecule has 3 N–H and O–H groups in total. The molecule has 0 spiro atoms. The standard InChI is InChI=1S/C18H22ClN5O4S2/c1-10(2)29(25,26)23-12-5-6-15(19)14(7-12)17-21-16-8-13(9-20-18(16)22-17)24-30(27,28)11(3)4/h5-11,23-24H,1-4H3,(H,20,21,22). The number of hydrogen-bond donors (Lipinski definition) is 3. The summed E-state index contributed by atoms with van der Waals surface area (Å²) in [5.41, 5.74) is 1.99. The molecule has 2 aromatic heterocycles. The lowest BCUT2D eigenvalue weighted by Gasteiger charge is -2.12. The highest BCUT2D eigenvalue weighted by Crippen LogP contribution is 2.31. The van der Waals surface area contributed by atoms with Gasteiger partial charge in [-0.3, -0.25) is 9.44 Å². The molecule has 0 radical (unpaired) electrons. The molecule has 30 heavy (non-hydrogen) atoms. The van der Waals surface area contributed by atoms with Gasteiger partial charge in [-0.2, -0.15) is 0 Å². The zero-order chi connectivity index (χ0) is 22.3. The summed E-state index contributed by atoms with van der Waals surface area (Å²) in [5, 5.41) is -0.830.